The van der Waals surface area contributed by atoms with E-state index in [9.17, 15) is 9.18 Å². The van der Waals surface area contributed by atoms with Gasteiger partial charge in [-0.15, -0.1) is 0 Å². The van der Waals surface area contributed by atoms with Crippen LogP contribution < -0.4 is 5.32 Å². The summed E-state index contributed by atoms with van der Waals surface area (Å²) in [4.78, 5) is 18.4. The number of aromatic amines is 1. The third-order valence-electron chi connectivity index (χ3n) is 5.74. The van der Waals surface area contributed by atoms with Gasteiger partial charge in [0.1, 0.15) is 5.82 Å². The highest BCUT2D eigenvalue weighted by Gasteiger charge is 2.21. The number of ether oxygens (including phenoxy) is 1. The largest absolute Gasteiger partial charge is 0.379 e. The van der Waals surface area contributed by atoms with Crippen molar-refractivity contribution in [2.45, 2.75) is 18.8 Å². The van der Waals surface area contributed by atoms with Gasteiger partial charge >= 0.3 is 0 Å². The van der Waals surface area contributed by atoms with Crippen LogP contribution >= 0.6 is 0 Å². The molecule has 0 bridgehead atoms. The average Bonchev–Trinajstić information content (AvgIpc) is 3.20. The zero-order valence-corrected chi connectivity index (χ0v) is 17.1. The van der Waals surface area contributed by atoms with Gasteiger partial charge in [0, 0.05) is 49.1 Å². The van der Waals surface area contributed by atoms with Crippen LogP contribution in [0.25, 0.3) is 10.9 Å². The molecule has 4 rings (SSSR count). The van der Waals surface area contributed by atoms with Crippen LogP contribution in [0.4, 0.5) is 4.39 Å². The van der Waals surface area contributed by atoms with E-state index in [2.05, 4.69) is 21.3 Å². The van der Waals surface area contributed by atoms with Crippen molar-refractivity contribution in [3.8, 4) is 0 Å². The number of hydrogen-bond acceptors (Lipinski definition) is 3. The van der Waals surface area contributed by atoms with Crippen molar-refractivity contribution in [3.63, 3.8) is 0 Å². The minimum atomic E-state index is -0.274. The Hall–Kier alpha value is -2.70. The number of nitrogens with zero attached hydrogens (tertiary/aromatic N) is 1. The number of halogens is 1. The Kier molecular flexibility index (Phi) is 6.77. The van der Waals surface area contributed by atoms with E-state index in [1.54, 1.807) is 12.1 Å². The first-order valence-electron chi connectivity index (χ1n) is 10.6. The predicted octanol–water partition coefficient (Wildman–Crippen LogP) is 3.67. The van der Waals surface area contributed by atoms with Gasteiger partial charge < -0.3 is 15.0 Å². The van der Waals surface area contributed by atoms with E-state index in [0.717, 1.165) is 61.3 Å². The van der Waals surface area contributed by atoms with E-state index in [1.807, 2.05) is 24.4 Å². The molecule has 0 aliphatic carbocycles. The van der Waals surface area contributed by atoms with Crippen molar-refractivity contribution in [2.24, 2.45) is 0 Å². The number of carbonyl (C=O) groups is 1. The first-order valence-corrected chi connectivity index (χ1v) is 10.6. The Morgan fingerprint density at radius 1 is 1.13 bits per heavy atom. The molecule has 0 radical (unpaired) electrons. The predicted molar refractivity (Wildman–Crippen MR) is 116 cm³/mol. The van der Waals surface area contributed by atoms with Crippen LogP contribution in [0.2, 0.25) is 0 Å². The monoisotopic (exact) mass is 409 g/mol. The van der Waals surface area contributed by atoms with Crippen molar-refractivity contribution < 1.29 is 13.9 Å². The summed E-state index contributed by atoms with van der Waals surface area (Å²) < 4.78 is 18.8. The molecule has 1 unspecified atom stereocenters. The average molecular weight is 410 g/mol. The molecule has 1 aliphatic rings. The van der Waals surface area contributed by atoms with E-state index < -0.39 is 0 Å². The first-order chi connectivity index (χ1) is 14.7. The Morgan fingerprint density at radius 3 is 2.70 bits per heavy atom. The molecule has 158 valence electrons. The Labute approximate surface area is 176 Å². The molecule has 3 aromatic rings. The number of carbonyl (C=O) groups excluding carboxylic acids is 1. The molecule has 1 saturated heterocycles. The second-order valence-electron chi connectivity index (χ2n) is 7.76. The smallest absolute Gasteiger partial charge is 0.220 e. The maximum atomic E-state index is 13.5. The SMILES string of the molecule is O=C(CC(c1ccc(F)cc1)c1c[nH]c2ccccc12)NCCCN1CCOCC1. The highest BCUT2D eigenvalue weighted by Crippen LogP contribution is 2.33. The molecule has 2 N–H and O–H groups in total. The maximum absolute atomic E-state index is 13.5. The third-order valence-corrected chi connectivity index (χ3v) is 5.74. The summed E-state index contributed by atoms with van der Waals surface area (Å²) in [6.45, 7) is 5.11. The normalized spacial score (nSPS) is 15.9. The van der Waals surface area contributed by atoms with Gasteiger partial charge in [0.15, 0.2) is 0 Å². The second-order valence-corrected chi connectivity index (χ2v) is 7.76. The summed E-state index contributed by atoms with van der Waals surface area (Å²) in [6.07, 6.45) is 3.20. The lowest BCUT2D eigenvalue weighted by atomic mass is 9.88. The van der Waals surface area contributed by atoms with E-state index in [4.69, 9.17) is 4.74 Å². The minimum Gasteiger partial charge on any atom is -0.379 e. The molecule has 6 heteroatoms. The quantitative estimate of drug-likeness (QED) is 0.558. The fraction of sp³-hybridized carbons (Fsp3) is 0.375. The van der Waals surface area contributed by atoms with Gasteiger partial charge in [0.2, 0.25) is 5.91 Å². The summed E-state index contributed by atoms with van der Waals surface area (Å²) in [5, 5.41) is 4.15. The number of fused-ring (bicyclic) bond motifs is 1. The summed E-state index contributed by atoms with van der Waals surface area (Å²) in [5.74, 6) is -0.401. The molecular formula is C24H28FN3O2. The molecular weight excluding hydrogens is 381 g/mol. The van der Waals surface area contributed by atoms with Gasteiger partial charge in [0.05, 0.1) is 13.2 Å². The molecule has 2 heterocycles. The summed E-state index contributed by atoms with van der Waals surface area (Å²) >= 11 is 0. The maximum Gasteiger partial charge on any atom is 0.220 e. The molecule has 0 spiro atoms. The fourth-order valence-corrected chi connectivity index (χ4v) is 4.10. The van der Waals surface area contributed by atoms with Crippen LogP contribution in [-0.4, -0.2) is 55.2 Å². The zero-order chi connectivity index (χ0) is 20.8. The van der Waals surface area contributed by atoms with Gasteiger partial charge in [-0.2, -0.15) is 0 Å². The molecule has 1 amide bonds. The van der Waals surface area contributed by atoms with E-state index in [-0.39, 0.29) is 17.6 Å². The summed E-state index contributed by atoms with van der Waals surface area (Å²) in [7, 11) is 0. The van der Waals surface area contributed by atoms with Crippen LogP contribution in [-0.2, 0) is 9.53 Å². The van der Waals surface area contributed by atoms with E-state index in [1.165, 1.54) is 12.1 Å². The lowest BCUT2D eigenvalue weighted by Gasteiger charge is -2.26. The molecule has 1 aromatic heterocycles. The molecule has 1 fully saturated rings. The van der Waals surface area contributed by atoms with Crippen molar-refractivity contribution in [3.05, 3.63) is 71.7 Å². The van der Waals surface area contributed by atoms with E-state index >= 15 is 0 Å². The van der Waals surface area contributed by atoms with Crippen LogP contribution in [0.5, 0.6) is 0 Å². The van der Waals surface area contributed by atoms with Crippen LogP contribution in [0, 0.1) is 5.82 Å². The van der Waals surface area contributed by atoms with Crippen molar-refractivity contribution >= 4 is 16.8 Å². The van der Waals surface area contributed by atoms with Gasteiger partial charge in [-0.25, -0.2) is 4.39 Å². The number of amides is 1. The highest BCUT2D eigenvalue weighted by molar-refractivity contribution is 5.86. The number of aromatic nitrogens is 1. The Morgan fingerprint density at radius 2 is 1.90 bits per heavy atom. The Bertz CT molecular complexity index is 964. The van der Waals surface area contributed by atoms with Crippen LogP contribution in [0.3, 0.4) is 0 Å². The number of H-pyrrole nitrogens is 1. The van der Waals surface area contributed by atoms with Crippen molar-refractivity contribution in [2.75, 3.05) is 39.4 Å². The Balaban J connectivity index is 1.42. The number of rotatable bonds is 8. The van der Waals surface area contributed by atoms with Crippen molar-refractivity contribution in [1.82, 2.24) is 15.2 Å². The first kappa shape index (κ1) is 20.6. The number of benzene rings is 2. The molecule has 30 heavy (non-hydrogen) atoms. The van der Waals surface area contributed by atoms with Crippen molar-refractivity contribution in [1.29, 1.82) is 0 Å². The number of nitrogens with one attached hydrogen (secondary N) is 2. The van der Waals surface area contributed by atoms with Gasteiger partial charge in [0.25, 0.3) is 0 Å². The molecule has 1 atom stereocenters. The van der Waals surface area contributed by atoms with Crippen LogP contribution in [0.15, 0.2) is 54.7 Å². The second kappa shape index (κ2) is 9.87. The number of para-hydroxylation sites is 1. The summed E-state index contributed by atoms with van der Waals surface area (Å²) in [6, 6.07) is 14.5. The topological polar surface area (TPSA) is 57.4 Å². The summed E-state index contributed by atoms with van der Waals surface area (Å²) in [5.41, 5.74) is 3.02. The highest BCUT2D eigenvalue weighted by atomic mass is 19.1. The lowest BCUT2D eigenvalue weighted by Crippen LogP contribution is -2.38. The molecule has 0 saturated carbocycles. The minimum absolute atomic E-state index is 0.0107. The zero-order valence-electron chi connectivity index (χ0n) is 17.1. The number of morpholine rings is 1. The van der Waals surface area contributed by atoms with E-state index in [0.29, 0.717) is 13.0 Å². The lowest BCUT2D eigenvalue weighted by molar-refractivity contribution is -0.121. The van der Waals surface area contributed by atoms with Gasteiger partial charge in [-0.05, 0) is 42.3 Å². The molecule has 2 aromatic carbocycles. The van der Waals surface area contributed by atoms with Crippen LogP contribution in [0.1, 0.15) is 29.9 Å². The van der Waals surface area contributed by atoms with Gasteiger partial charge in [-0.1, -0.05) is 30.3 Å². The fourth-order valence-electron chi connectivity index (χ4n) is 4.10. The molecule has 1 aliphatic heterocycles. The number of hydrogen-bond donors (Lipinski definition) is 2. The van der Waals surface area contributed by atoms with Gasteiger partial charge in [-0.3, -0.25) is 9.69 Å². The standard InChI is InChI=1S/C24H28FN3O2/c25-19-8-6-18(7-9-19)21(22-17-27-23-5-2-1-4-20(22)23)16-24(29)26-10-3-11-28-12-14-30-15-13-28/h1-2,4-9,17,21,27H,3,10-16H2,(H,26,29). The third kappa shape index (κ3) is 5.07. The molecule has 5 nitrogen and oxygen atoms in total.